The van der Waals surface area contributed by atoms with E-state index in [9.17, 15) is 9.59 Å². The number of nitrogens with zero attached hydrogens (tertiary/aromatic N) is 3. The molecule has 2 heterocycles. The standard InChI is InChI=1S/C28H26ClN3O5/c1-4-35-25(33)16-19-10-12-20(13-11-19)21-14-15-23(30-17-21)27-26(18(3)31-37-27)32(28(34)36-5-2)24-9-7-6-8-22(24)29/h6-15,17H,4-5,16H2,1-3H3. The lowest BCUT2D eigenvalue weighted by Crippen LogP contribution is -2.27. The number of aryl methyl sites for hydroxylation is 1. The first-order valence-corrected chi connectivity index (χ1v) is 12.2. The van der Waals surface area contributed by atoms with Gasteiger partial charge in [-0.3, -0.25) is 9.78 Å². The van der Waals surface area contributed by atoms with Crippen LogP contribution in [0.15, 0.2) is 71.4 Å². The number of hydrogen-bond donors (Lipinski definition) is 0. The summed E-state index contributed by atoms with van der Waals surface area (Å²) in [6.45, 7) is 5.79. The van der Waals surface area contributed by atoms with Crippen molar-refractivity contribution in [2.45, 2.75) is 27.2 Å². The Balaban J connectivity index is 1.65. The predicted molar refractivity (Wildman–Crippen MR) is 141 cm³/mol. The van der Waals surface area contributed by atoms with Gasteiger partial charge in [0.25, 0.3) is 0 Å². The molecule has 37 heavy (non-hydrogen) atoms. The minimum atomic E-state index is -0.609. The van der Waals surface area contributed by atoms with E-state index in [2.05, 4.69) is 10.1 Å². The fourth-order valence-corrected chi connectivity index (χ4v) is 4.04. The molecule has 0 spiro atoms. The molecule has 8 nitrogen and oxygen atoms in total. The van der Waals surface area contributed by atoms with Gasteiger partial charge in [0, 0.05) is 11.8 Å². The van der Waals surface area contributed by atoms with Crippen LogP contribution >= 0.6 is 11.6 Å². The molecule has 0 unspecified atom stereocenters. The first-order valence-electron chi connectivity index (χ1n) is 11.8. The molecule has 1 amide bonds. The van der Waals surface area contributed by atoms with Crippen molar-refractivity contribution in [3.63, 3.8) is 0 Å². The number of carbonyl (C=O) groups excluding carboxylic acids is 2. The van der Waals surface area contributed by atoms with Gasteiger partial charge < -0.3 is 14.0 Å². The first-order chi connectivity index (χ1) is 17.9. The third-order valence-electron chi connectivity index (χ3n) is 5.54. The molecule has 0 aliphatic rings. The molecule has 2 aromatic heterocycles. The summed E-state index contributed by atoms with van der Waals surface area (Å²) in [6, 6.07) is 18.3. The predicted octanol–water partition coefficient (Wildman–Crippen LogP) is 6.77. The third-order valence-corrected chi connectivity index (χ3v) is 5.86. The van der Waals surface area contributed by atoms with Crippen molar-refractivity contribution < 1.29 is 23.6 Å². The van der Waals surface area contributed by atoms with E-state index in [0.717, 1.165) is 16.7 Å². The van der Waals surface area contributed by atoms with Crippen molar-refractivity contribution in [2.75, 3.05) is 18.1 Å². The molecule has 0 saturated heterocycles. The first kappa shape index (κ1) is 25.9. The average molecular weight is 520 g/mol. The molecule has 0 radical (unpaired) electrons. The SMILES string of the molecule is CCOC(=O)Cc1ccc(-c2ccc(-c3onc(C)c3N(C(=O)OCC)c3ccccc3Cl)nc2)cc1. The number of ether oxygens (including phenoxy) is 2. The number of halogens is 1. The highest BCUT2D eigenvalue weighted by atomic mass is 35.5. The van der Waals surface area contributed by atoms with Crippen LogP contribution in [-0.2, 0) is 20.7 Å². The van der Waals surface area contributed by atoms with E-state index in [1.54, 1.807) is 57.3 Å². The molecular formula is C28H26ClN3O5. The number of rotatable bonds is 8. The van der Waals surface area contributed by atoms with Gasteiger partial charge >= 0.3 is 12.1 Å². The van der Waals surface area contributed by atoms with Gasteiger partial charge in [0.15, 0.2) is 0 Å². The quantitative estimate of drug-likeness (QED) is 0.237. The lowest BCUT2D eigenvalue weighted by molar-refractivity contribution is -0.142. The van der Waals surface area contributed by atoms with Gasteiger partial charge in [-0.05, 0) is 50.1 Å². The van der Waals surface area contributed by atoms with Crippen LogP contribution in [0.3, 0.4) is 0 Å². The Kier molecular flexibility index (Phi) is 8.20. The summed E-state index contributed by atoms with van der Waals surface area (Å²) in [5.74, 6) is 0.0508. The summed E-state index contributed by atoms with van der Waals surface area (Å²) in [6.07, 6.45) is 1.32. The number of aromatic nitrogens is 2. The van der Waals surface area contributed by atoms with E-state index in [-0.39, 0.29) is 19.0 Å². The second-order valence-electron chi connectivity index (χ2n) is 8.04. The van der Waals surface area contributed by atoms with Crippen molar-refractivity contribution in [3.05, 3.63) is 83.1 Å². The number of anilines is 2. The fourth-order valence-electron chi connectivity index (χ4n) is 3.82. The molecule has 4 rings (SSSR count). The lowest BCUT2D eigenvalue weighted by Gasteiger charge is -2.22. The molecular weight excluding hydrogens is 494 g/mol. The molecule has 0 aliphatic heterocycles. The molecule has 0 bridgehead atoms. The van der Waals surface area contributed by atoms with Crippen LogP contribution in [0.4, 0.5) is 16.2 Å². The van der Waals surface area contributed by atoms with Gasteiger partial charge in [-0.15, -0.1) is 0 Å². The summed E-state index contributed by atoms with van der Waals surface area (Å²) < 4.78 is 15.9. The number of carbonyl (C=O) groups is 2. The maximum atomic E-state index is 13.0. The highest BCUT2D eigenvalue weighted by Gasteiger charge is 2.30. The maximum Gasteiger partial charge on any atom is 0.419 e. The molecule has 0 aliphatic carbocycles. The second-order valence-corrected chi connectivity index (χ2v) is 8.45. The van der Waals surface area contributed by atoms with Crippen LogP contribution in [0.5, 0.6) is 0 Å². The zero-order valence-corrected chi connectivity index (χ0v) is 21.5. The number of benzene rings is 2. The molecule has 2 aromatic carbocycles. The molecule has 0 saturated carbocycles. The molecule has 0 fully saturated rings. The fraction of sp³-hybridized carbons (Fsp3) is 0.214. The normalized spacial score (nSPS) is 10.7. The highest BCUT2D eigenvalue weighted by Crippen LogP contribution is 2.40. The van der Waals surface area contributed by atoms with E-state index in [0.29, 0.717) is 40.2 Å². The van der Waals surface area contributed by atoms with E-state index < -0.39 is 6.09 Å². The van der Waals surface area contributed by atoms with Gasteiger partial charge in [-0.2, -0.15) is 0 Å². The van der Waals surface area contributed by atoms with Crippen LogP contribution in [0, 0.1) is 6.92 Å². The van der Waals surface area contributed by atoms with Gasteiger partial charge in [-0.1, -0.05) is 59.2 Å². The minimum absolute atomic E-state index is 0.185. The van der Waals surface area contributed by atoms with E-state index in [4.69, 9.17) is 25.6 Å². The highest BCUT2D eigenvalue weighted by molar-refractivity contribution is 6.34. The van der Waals surface area contributed by atoms with E-state index in [1.165, 1.54) is 4.90 Å². The summed E-state index contributed by atoms with van der Waals surface area (Å²) in [4.78, 5) is 30.7. The van der Waals surface area contributed by atoms with Crippen LogP contribution in [0.25, 0.3) is 22.6 Å². The van der Waals surface area contributed by atoms with Crippen molar-refractivity contribution in [2.24, 2.45) is 0 Å². The number of amides is 1. The average Bonchev–Trinajstić information content (AvgIpc) is 3.27. The van der Waals surface area contributed by atoms with Crippen LogP contribution < -0.4 is 4.90 Å². The maximum absolute atomic E-state index is 13.0. The largest absolute Gasteiger partial charge is 0.466 e. The molecule has 9 heteroatoms. The van der Waals surface area contributed by atoms with Crippen LogP contribution in [0.2, 0.25) is 5.02 Å². The number of pyridine rings is 1. The Morgan fingerprint density at radius 3 is 2.30 bits per heavy atom. The number of para-hydroxylation sites is 1. The van der Waals surface area contributed by atoms with Crippen molar-refractivity contribution in [3.8, 4) is 22.6 Å². The lowest BCUT2D eigenvalue weighted by atomic mass is 10.0. The Morgan fingerprint density at radius 1 is 0.946 bits per heavy atom. The Morgan fingerprint density at radius 2 is 1.65 bits per heavy atom. The number of esters is 1. The van der Waals surface area contributed by atoms with Gasteiger partial charge in [-0.25, -0.2) is 9.69 Å². The monoisotopic (exact) mass is 519 g/mol. The van der Waals surface area contributed by atoms with Gasteiger partial charge in [0.1, 0.15) is 17.1 Å². The summed E-state index contributed by atoms with van der Waals surface area (Å²) in [7, 11) is 0. The molecule has 4 aromatic rings. The molecule has 0 atom stereocenters. The Bertz CT molecular complexity index is 1380. The molecule has 190 valence electrons. The Labute approximate surface area is 219 Å². The topological polar surface area (TPSA) is 94.8 Å². The minimum Gasteiger partial charge on any atom is -0.466 e. The Hall–Kier alpha value is -4.17. The number of hydrogen-bond acceptors (Lipinski definition) is 7. The van der Waals surface area contributed by atoms with E-state index in [1.807, 2.05) is 30.3 Å². The van der Waals surface area contributed by atoms with Gasteiger partial charge in [0.2, 0.25) is 5.76 Å². The van der Waals surface area contributed by atoms with Crippen molar-refractivity contribution in [1.82, 2.24) is 10.1 Å². The molecule has 0 N–H and O–H groups in total. The summed E-state index contributed by atoms with van der Waals surface area (Å²) >= 11 is 6.43. The second kappa shape index (κ2) is 11.7. The summed E-state index contributed by atoms with van der Waals surface area (Å²) in [5, 5.41) is 4.47. The van der Waals surface area contributed by atoms with Gasteiger partial charge in [0.05, 0.1) is 30.3 Å². The zero-order chi connectivity index (χ0) is 26.4. The smallest absolute Gasteiger partial charge is 0.419 e. The van der Waals surface area contributed by atoms with Crippen molar-refractivity contribution >= 4 is 35.0 Å². The van der Waals surface area contributed by atoms with Crippen LogP contribution in [0.1, 0.15) is 25.1 Å². The van der Waals surface area contributed by atoms with Crippen LogP contribution in [-0.4, -0.2) is 35.4 Å². The summed E-state index contributed by atoms with van der Waals surface area (Å²) in [5.41, 5.74) is 4.48. The van der Waals surface area contributed by atoms with E-state index >= 15 is 0 Å². The zero-order valence-electron chi connectivity index (χ0n) is 20.7. The van der Waals surface area contributed by atoms with Crippen molar-refractivity contribution in [1.29, 1.82) is 0 Å². The third kappa shape index (κ3) is 5.81.